The summed E-state index contributed by atoms with van der Waals surface area (Å²) in [5.74, 6) is 6.13. The van der Waals surface area contributed by atoms with E-state index in [4.69, 9.17) is 0 Å². The van der Waals surface area contributed by atoms with Gasteiger partial charge in [0.2, 0.25) is 0 Å². The zero-order valence-corrected chi connectivity index (χ0v) is 18.3. The van der Waals surface area contributed by atoms with Crippen LogP contribution in [0.25, 0.3) is 0 Å². The fraction of sp³-hybridized carbons (Fsp3) is 0.333. The number of carbonyl (C=O) groups is 3. The molecule has 1 unspecified atom stereocenters. The van der Waals surface area contributed by atoms with Gasteiger partial charge in [0.1, 0.15) is 5.78 Å². The van der Waals surface area contributed by atoms with Crippen LogP contribution in [0.2, 0.25) is 0 Å². The normalized spacial score (nSPS) is 17.2. The second kappa shape index (κ2) is 10.6. The molecule has 0 saturated heterocycles. The highest BCUT2D eigenvalue weighted by Gasteiger charge is 2.39. The molecule has 0 bridgehead atoms. The van der Waals surface area contributed by atoms with Crippen molar-refractivity contribution in [3.63, 3.8) is 0 Å². The average Bonchev–Trinajstić information content (AvgIpc) is 3.13. The van der Waals surface area contributed by atoms with Crippen LogP contribution >= 0.6 is 0 Å². The third kappa shape index (κ3) is 5.13. The SMILES string of the molecule is C#C.Cc1ccc(CCCC#Cc2cccc3c2CN(C2CCC(=O)CC2=O)C3=O)cn1. The van der Waals surface area contributed by atoms with Gasteiger partial charge in [-0.2, -0.15) is 0 Å². The molecule has 162 valence electrons. The summed E-state index contributed by atoms with van der Waals surface area (Å²) in [6.45, 7) is 2.36. The number of aromatic nitrogens is 1. The fourth-order valence-corrected chi connectivity index (χ4v) is 4.10. The largest absolute Gasteiger partial charge is 0.324 e. The first-order valence-corrected chi connectivity index (χ1v) is 10.7. The monoisotopic (exact) mass is 426 g/mol. The molecule has 2 heterocycles. The molecule has 1 fully saturated rings. The van der Waals surface area contributed by atoms with E-state index < -0.39 is 6.04 Å². The number of pyridine rings is 1. The highest BCUT2D eigenvalue weighted by atomic mass is 16.2. The highest BCUT2D eigenvalue weighted by molar-refractivity contribution is 6.07. The lowest BCUT2D eigenvalue weighted by Gasteiger charge is -2.29. The van der Waals surface area contributed by atoms with Crippen molar-refractivity contribution in [2.75, 3.05) is 0 Å². The van der Waals surface area contributed by atoms with Crippen LogP contribution in [0.5, 0.6) is 0 Å². The number of aryl methyl sites for hydroxylation is 2. The Kier molecular flexibility index (Phi) is 7.58. The van der Waals surface area contributed by atoms with Gasteiger partial charge < -0.3 is 4.90 Å². The fourth-order valence-electron chi connectivity index (χ4n) is 4.10. The van der Waals surface area contributed by atoms with Crippen molar-refractivity contribution in [2.24, 2.45) is 0 Å². The Morgan fingerprint density at radius 2 is 1.97 bits per heavy atom. The number of amides is 1. The number of nitrogens with zero attached hydrogens (tertiary/aromatic N) is 2. The van der Waals surface area contributed by atoms with Gasteiger partial charge in [-0.1, -0.05) is 24.0 Å². The summed E-state index contributed by atoms with van der Waals surface area (Å²) in [5, 5.41) is 0. The molecule has 2 aliphatic rings. The summed E-state index contributed by atoms with van der Waals surface area (Å²) >= 11 is 0. The number of unbranched alkanes of at least 4 members (excludes halogenated alkanes) is 1. The molecule has 32 heavy (non-hydrogen) atoms. The van der Waals surface area contributed by atoms with E-state index in [1.165, 1.54) is 5.56 Å². The number of fused-ring (bicyclic) bond motifs is 1. The number of ketones is 2. The van der Waals surface area contributed by atoms with E-state index in [1.807, 2.05) is 31.3 Å². The summed E-state index contributed by atoms with van der Waals surface area (Å²) in [6, 6.07) is 9.19. The molecule has 0 radical (unpaired) electrons. The van der Waals surface area contributed by atoms with E-state index in [2.05, 4.69) is 35.7 Å². The maximum absolute atomic E-state index is 12.9. The van der Waals surface area contributed by atoms with Crippen molar-refractivity contribution < 1.29 is 14.4 Å². The van der Waals surface area contributed by atoms with Crippen molar-refractivity contribution in [1.29, 1.82) is 0 Å². The Balaban J connectivity index is 0.00000141. The van der Waals surface area contributed by atoms with Crippen LogP contribution < -0.4 is 0 Å². The molecule has 1 atom stereocenters. The second-order valence-corrected chi connectivity index (χ2v) is 7.96. The second-order valence-electron chi connectivity index (χ2n) is 7.96. The van der Waals surface area contributed by atoms with Gasteiger partial charge in [-0.05, 0) is 55.5 Å². The van der Waals surface area contributed by atoms with Crippen molar-refractivity contribution in [3.05, 3.63) is 64.5 Å². The quantitative estimate of drug-likeness (QED) is 0.425. The summed E-state index contributed by atoms with van der Waals surface area (Å²) in [6.07, 6.45) is 13.3. The number of Topliss-reactive ketones (excluding diaryl/α,β-unsaturated/α-hetero) is 2. The molecule has 5 nitrogen and oxygen atoms in total. The average molecular weight is 427 g/mol. The zero-order valence-electron chi connectivity index (χ0n) is 18.3. The van der Waals surface area contributed by atoms with E-state index in [9.17, 15) is 14.4 Å². The standard InChI is InChI=1S/C25H24N2O3.C2H2/c1-17-10-11-18(15-26-17)6-3-2-4-7-19-8-5-9-21-22(19)16-27(25(21)30)23-13-12-20(28)14-24(23)29;1-2/h5,8-11,15,23H,2-3,6,12-14,16H2,1H3;1-2H. The van der Waals surface area contributed by atoms with Crippen LogP contribution in [0.4, 0.5) is 0 Å². The van der Waals surface area contributed by atoms with Gasteiger partial charge in [-0.25, -0.2) is 0 Å². The van der Waals surface area contributed by atoms with Gasteiger partial charge >= 0.3 is 0 Å². The molecule has 5 heteroatoms. The lowest BCUT2D eigenvalue weighted by Crippen LogP contribution is -2.44. The van der Waals surface area contributed by atoms with Crippen LogP contribution in [0, 0.1) is 31.6 Å². The lowest BCUT2D eigenvalue weighted by molar-refractivity contribution is -0.133. The van der Waals surface area contributed by atoms with Gasteiger partial charge in [-0.3, -0.25) is 19.4 Å². The van der Waals surface area contributed by atoms with Crippen LogP contribution in [0.15, 0.2) is 36.5 Å². The molecule has 1 aliphatic carbocycles. The molecule has 1 amide bonds. The molecule has 1 aliphatic heterocycles. The van der Waals surface area contributed by atoms with Crippen molar-refractivity contribution >= 4 is 17.5 Å². The molecule has 1 aromatic carbocycles. The summed E-state index contributed by atoms with van der Waals surface area (Å²) in [5.41, 5.74) is 4.58. The molecular weight excluding hydrogens is 400 g/mol. The highest BCUT2D eigenvalue weighted by Crippen LogP contribution is 2.30. The third-order valence-corrected chi connectivity index (χ3v) is 5.77. The van der Waals surface area contributed by atoms with E-state index in [1.54, 1.807) is 11.0 Å². The molecule has 1 saturated carbocycles. The first-order valence-electron chi connectivity index (χ1n) is 10.7. The molecule has 0 spiro atoms. The van der Waals surface area contributed by atoms with Crippen molar-refractivity contribution in [2.45, 2.75) is 58.0 Å². The van der Waals surface area contributed by atoms with E-state index in [0.29, 0.717) is 24.9 Å². The van der Waals surface area contributed by atoms with Gasteiger partial charge in [0.15, 0.2) is 5.78 Å². The topological polar surface area (TPSA) is 67.3 Å². The number of terminal acetylenes is 1. The number of carbonyl (C=O) groups excluding carboxylic acids is 3. The third-order valence-electron chi connectivity index (χ3n) is 5.77. The Bertz CT molecular complexity index is 1100. The van der Waals surface area contributed by atoms with E-state index in [0.717, 1.165) is 36.1 Å². The zero-order chi connectivity index (χ0) is 23.1. The van der Waals surface area contributed by atoms with Crippen LogP contribution in [-0.2, 0) is 22.6 Å². The molecule has 2 aromatic rings. The Hall–Kier alpha value is -3.70. The molecule has 1 aromatic heterocycles. The summed E-state index contributed by atoms with van der Waals surface area (Å²) in [4.78, 5) is 42.6. The number of hydrogen-bond acceptors (Lipinski definition) is 4. The minimum Gasteiger partial charge on any atom is -0.324 e. The van der Waals surface area contributed by atoms with Gasteiger partial charge in [0.05, 0.1) is 12.5 Å². The van der Waals surface area contributed by atoms with Crippen LogP contribution in [0.3, 0.4) is 0 Å². The van der Waals surface area contributed by atoms with E-state index >= 15 is 0 Å². The van der Waals surface area contributed by atoms with Crippen molar-refractivity contribution in [1.82, 2.24) is 9.88 Å². The van der Waals surface area contributed by atoms with Crippen molar-refractivity contribution in [3.8, 4) is 24.7 Å². The maximum Gasteiger partial charge on any atom is 0.255 e. The maximum atomic E-state index is 12.9. The molecular formula is C27H26N2O3. The Labute approximate surface area is 189 Å². The minimum absolute atomic E-state index is 0.0339. The Morgan fingerprint density at radius 3 is 2.69 bits per heavy atom. The first kappa shape index (κ1) is 23.0. The number of benzene rings is 1. The minimum atomic E-state index is -0.494. The predicted molar refractivity (Wildman–Crippen MR) is 123 cm³/mol. The van der Waals surface area contributed by atoms with Crippen LogP contribution in [-0.4, -0.2) is 33.4 Å². The first-order chi connectivity index (χ1) is 15.5. The number of rotatable bonds is 4. The number of hydrogen-bond donors (Lipinski definition) is 0. The predicted octanol–water partition coefficient (Wildman–Crippen LogP) is 3.66. The molecule has 0 N–H and O–H groups in total. The van der Waals surface area contributed by atoms with Crippen LogP contribution in [0.1, 0.15) is 64.8 Å². The lowest BCUT2D eigenvalue weighted by atomic mass is 9.92. The van der Waals surface area contributed by atoms with Gasteiger partial charge in [0.25, 0.3) is 5.91 Å². The Morgan fingerprint density at radius 1 is 1.16 bits per heavy atom. The summed E-state index contributed by atoms with van der Waals surface area (Å²) < 4.78 is 0. The van der Waals surface area contributed by atoms with Gasteiger partial charge in [-0.15, -0.1) is 12.8 Å². The van der Waals surface area contributed by atoms with E-state index in [-0.39, 0.29) is 23.9 Å². The summed E-state index contributed by atoms with van der Waals surface area (Å²) in [7, 11) is 0. The smallest absolute Gasteiger partial charge is 0.255 e. The molecule has 4 rings (SSSR count). The van der Waals surface area contributed by atoms with Gasteiger partial charge in [0, 0.05) is 42.4 Å².